The van der Waals surface area contributed by atoms with Gasteiger partial charge in [-0.2, -0.15) is 0 Å². The van der Waals surface area contributed by atoms with E-state index < -0.39 is 0 Å². The van der Waals surface area contributed by atoms with Crippen LogP contribution in [0.1, 0.15) is 66.4 Å². The molecule has 8 nitrogen and oxygen atoms in total. The average molecular weight is 724 g/mol. The maximum absolute atomic E-state index is 8.36. The third kappa shape index (κ3) is 13.8. The molecule has 0 spiro atoms. The number of benzene rings is 2. The van der Waals surface area contributed by atoms with E-state index in [1.807, 2.05) is 24.3 Å². The summed E-state index contributed by atoms with van der Waals surface area (Å²) in [4.78, 5) is 20.1. The number of nitrogens with one attached hydrogen (secondary N) is 2. The molecule has 0 fully saturated rings. The van der Waals surface area contributed by atoms with Crippen LogP contribution in [-0.4, -0.2) is 53.5 Å². The van der Waals surface area contributed by atoms with Gasteiger partial charge in [0, 0.05) is 31.0 Å². The zero-order valence-corrected chi connectivity index (χ0v) is 32.2. The monoisotopic (exact) mass is 723 g/mol. The molecule has 4 rings (SSSR count). The predicted octanol–water partition coefficient (Wildman–Crippen LogP) is 9.75. The summed E-state index contributed by atoms with van der Waals surface area (Å²) in [5.74, 6) is 2.90. The van der Waals surface area contributed by atoms with Gasteiger partial charge in [0.2, 0.25) is 0 Å². The molecule has 2 aromatic heterocycles. The maximum Gasteiger partial charge on any atom is 0.290 e. The van der Waals surface area contributed by atoms with E-state index >= 15 is 0 Å². The largest absolute Gasteiger partial charge is 0.494 e. The highest BCUT2D eigenvalue weighted by atomic mass is 32.2. The van der Waals surface area contributed by atoms with Crippen LogP contribution in [0.3, 0.4) is 0 Å². The van der Waals surface area contributed by atoms with Crippen LogP contribution in [-0.2, 0) is 11.2 Å². The van der Waals surface area contributed by atoms with Crippen molar-refractivity contribution < 1.29 is 14.6 Å². The van der Waals surface area contributed by atoms with Gasteiger partial charge in [-0.15, -0.1) is 0 Å². The van der Waals surface area contributed by atoms with Crippen molar-refractivity contribution in [3.05, 3.63) is 76.9 Å². The number of aromatic amines is 1. The van der Waals surface area contributed by atoms with Gasteiger partial charge in [0.1, 0.15) is 16.2 Å². The van der Waals surface area contributed by atoms with Crippen molar-refractivity contribution in [3.63, 3.8) is 0 Å². The Labute approximate surface area is 306 Å². The van der Waals surface area contributed by atoms with Crippen molar-refractivity contribution in [2.75, 3.05) is 42.6 Å². The summed E-state index contributed by atoms with van der Waals surface area (Å²) < 4.78 is 10.5. The molecule has 0 aliphatic carbocycles. The second kappa shape index (κ2) is 19.7. The molecule has 0 saturated carbocycles. The Bertz CT molecular complexity index is 1650. The van der Waals surface area contributed by atoms with Gasteiger partial charge >= 0.3 is 0 Å². The van der Waals surface area contributed by atoms with E-state index in [-0.39, 0.29) is 17.3 Å². The van der Waals surface area contributed by atoms with Crippen molar-refractivity contribution in [1.82, 2.24) is 14.7 Å². The van der Waals surface area contributed by atoms with E-state index in [0.717, 1.165) is 76.1 Å². The van der Waals surface area contributed by atoms with Crippen LogP contribution in [0.15, 0.2) is 66.7 Å². The van der Waals surface area contributed by atoms with Gasteiger partial charge < -0.3 is 25.5 Å². The third-order valence-corrected chi connectivity index (χ3v) is 9.82. The van der Waals surface area contributed by atoms with E-state index in [2.05, 4.69) is 98.6 Å². The number of H-pyrrole nitrogens is 1. The zero-order chi connectivity index (χ0) is 35.9. The van der Waals surface area contributed by atoms with E-state index in [4.69, 9.17) is 37.6 Å². The summed E-state index contributed by atoms with van der Waals surface area (Å²) in [5, 5.41) is 7.46. The van der Waals surface area contributed by atoms with Crippen LogP contribution in [0.5, 0.6) is 5.75 Å². The number of nitrogen functional groups attached to an aromatic ring is 1. The van der Waals surface area contributed by atoms with Gasteiger partial charge in [-0.25, -0.2) is 4.98 Å². The highest BCUT2D eigenvalue weighted by Gasteiger charge is 2.22. The van der Waals surface area contributed by atoms with Gasteiger partial charge in [-0.3, -0.25) is 9.52 Å². The quantitative estimate of drug-likeness (QED) is 0.0366. The Morgan fingerprint density at radius 2 is 1.82 bits per heavy atom. The summed E-state index contributed by atoms with van der Waals surface area (Å²) in [6.45, 7) is 16.8. The van der Waals surface area contributed by atoms with E-state index in [9.17, 15) is 0 Å². The molecule has 0 atom stereocenters. The molecule has 0 aliphatic heterocycles. The van der Waals surface area contributed by atoms with E-state index in [0.29, 0.717) is 11.7 Å². The van der Waals surface area contributed by atoms with E-state index in [1.165, 1.54) is 29.7 Å². The van der Waals surface area contributed by atoms with Gasteiger partial charge in [-0.1, -0.05) is 126 Å². The minimum Gasteiger partial charge on any atom is -0.494 e. The molecular formula is C38H53N5O3S3. The van der Waals surface area contributed by atoms with Crippen LogP contribution in [0, 0.1) is 15.5 Å². The average Bonchev–Trinajstić information content (AvgIpc) is 3.43. The minimum absolute atomic E-state index is 0.218. The first-order valence-electron chi connectivity index (χ1n) is 16.8. The summed E-state index contributed by atoms with van der Waals surface area (Å²) in [5.41, 5.74) is 11.2. The molecule has 11 heteroatoms. The Balaban J connectivity index is 0.00000209. The molecule has 5 N–H and O–H groups in total. The first kappa shape index (κ1) is 40.1. The van der Waals surface area contributed by atoms with Crippen LogP contribution in [0.2, 0.25) is 0 Å². The zero-order valence-electron chi connectivity index (χ0n) is 29.8. The molecule has 2 aromatic carbocycles. The molecule has 4 aromatic rings. The summed E-state index contributed by atoms with van der Waals surface area (Å²) >= 11 is 8.73. The number of carbonyl (C=O) groups is 1. The second-order valence-corrected chi connectivity index (χ2v) is 16.4. The lowest BCUT2D eigenvalue weighted by Gasteiger charge is -2.34. The first-order valence-corrected chi connectivity index (χ1v) is 19.0. The lowest BCUT2D eigenvalue weighted by molar-refractivity contribution is -0.122. The van der Waals surface area contributed by atoms with Crippen molar-refractivity contribution in [2.45, 2.75) is 67.2 Å². The smallest absolute Gasteiger partial charge is 0.290 e. The van der Waals surface area contributed by atoms with Crippen LogP contribution in [0.4, 0.5) is 10.9 Å². The molecular weight excluding hydrogens is 671 g/mol. The predicted molar refractivity (Wildman–Crippen MR) is 212 cm³/mol. The summed E-state index contributed by atoms with van der Waals surface area (Å²) in [6.07, 6.45) is 4.27. The molecule has 0 bridgehead atoms. The van der Waals surface area contributed by atoms with Gasteiger partial charge in [0.25, 0.3) is 6.47 Å². The number of carboxylic acid groups (broad SMARTS) is 1. The number of ether oxygens (including phenoxy) is 1. The number of nitrogens with zero attached hydrogens (tertiary/aromatic N) is 2. The second-order valence-electron chi connectivity index (χ2n) is 13.9. The third-order valence-electron chi connectivity index (χ3n) is 7.83. The summed E-state index contributed by atoms with van der Waals surface area (Å²) in [7, 11) is 0. The van der Waals surface area contributed by atoms with Crippen LogP contribution in [0.25, 0.3) is 21.7 Å². The molecule has 0 saturated heterocycles. The highest BCUT2D eigenvalue weighted by molar-refractivity contribution is 7.97. The first-order chi connectivity index (χ1) is 23.4. The number of rotatable bonds is 17. The van der Waals surface area contributed by atoms with E-state index in [1.54, 1.807) is 11.9 Å². The normalized spacial score (nSPS) is 11.5. The number of aromatic nitrogens is 2. The van der Waals surface area contributed by atoms with Crippen molar-refractivity contribution in [3.8, 4) is 27.4 Å². The SMILES string of the molecule is CCCC(C)(C)CN(CCNSCCc1ccccc1-c1nc(N)sc1-c1cccc(OCCC(C)(C)C)c1)c1cccc(=S)[nH]1.O=CO. The fraction of sp³-hybridized carbons (Fsp3) is 0.447. The van der Waals surface area contributed by atoms with Crippen molar-refractivity contribution >= 4 is 52.9 Å². The van der Waals surface area contributed by atoms with Crippen LogP contribution >= 0.6 is 35.5 Å². The molecule has 0 radical (unpaired) electrons. The standard InChI is InChI=1S/C37H51N5OS3.CH2O2/c1-7-19-37(5,6)26-42(31-16-11-17-32(44)40-31)22-21-39-45-24-18-27-12-8-9-15-30(27)33-34(46-35(38)41-33)28-13-10-14-29(25-28)43-23-20-36(2,3)4;2-1-3/h8-17,25,39H,7,18-24,26H2,1-6H3,(H2,38,41)(H,40,44);1H,(H,2,3). The Kier molecular flexibility index (Phi) is 16.1. The number of anilines is 2. The van der Waals surface area contributed by atoms with Gasteiger partial charge in [0.15, 0.2) is 5.13 Å². The highest BCUT2D eigenvalue weighted by Crippen LogP contribution is 2.40. The molecule has 2 heterocycles. The molecule has 0 amide bonds. The lowest BCUT2D eigenvalue weighted by atomic mass is 9.87. The molecule has 0 unspecified atom stereocenters. The Hall–Kier alpha value is -3.38. The number of hydrogen-bond donors (Lipinski definition) is 4. The fourth-order valence-corrected chi connectivity index (χ4v) is 7.28. The number of pyridine rings is 1. The Morgan fingerprint density at radius 3 is 2.53 bits per heavy atom. The van der Waals surface area contributed by atoms with Crippen molar-refractivity contribution in [1.29, 1.82) is 0 Å². The maximum atomic E-state index is 8.36. The topological polar surface area (TPSA) is 116 Å². The minimum atomic E-state index is -0.250. The number of thiazole rings is 1. The lowest BCUT2D eigenvalue weighted by Crippen LogP contribution is -2.38. The van der Waals surface area contributed by atoms with Crippen LogP contribution < -0.4 is 20.1 Å². The number of aryl methyl sites for hydroxylation is 1. The Morgan fingerprint density at radius 1 is 1.08 bits per heavy atom. The van der Waals surface area contributed by atoms with Crippen molar-refractivity contribution in [2.24, 2.45) is 10.8 Å². The molecule has 266 valence electrons. The number of hydrogen-bond acceptors (Lipinski definition) is 9. The fourth-order valence-electron chi connectivity index (χ4n) is 5.55. The van der Waals surface area contributed by atoms with Gasteiger partial charge in [0.05, 0.1) is 17.2 Å². The molecule has 49 heavy (non-hydrogen) atoms. The summed E-state index contributed by atoms with van der Waals surface area (Å²) in [6, 6.07) is 22.9. The van der Waals surface area contributed by atoms with Gasteiger partial charge in [-0.05, 0) is 65.5 Å². The number of nitrogens with two attached hydrogens (primary N) is 1. The molecule has 0 aliphatic rings.